The summed E-state index contributed by atoms with van der Waals surface area (Å²) in [5, 5.41) is 3.54. The molecule has 146 valence electrons. The van der Waals surface area contributed by atoms with E-state index >= 15 is 0 Å². The van der Waals surface area contributed by atoms with Crippen molar-refractivity contribution in [1.82, 2.24) is 24.7 Å². The highest BCUT2D eigenvalue weighted by atomic mass is 19.4. The van der Waals surface area contributed by atoms with Gasteiger partial charge in [-0.1, -0.05) is 0 Å². The monoisotopic (exact) mass is 381 g/mol. The third-order valence-electron chi connectivity index (χ3n) is 5.43. The van der Waals surface area contributed by atoms with Crippen molar-refractivity contribution >= 4 is 11.9 Å². The van der Waals surface area contributed by atoms with Crippen LogP contribution in [0.4, 0.5) is 25.1 Å². The van der Waals surface area contributed by atoms with Crippen LogP contribution < -0.4 is 10.6 Å². The molecule has 2 aliphatic rings. The second-order valence-corrected chi connectivity index (χ2v) is 7.50. The van der Waals surface area contributed by atoms with Crippen LogP contribution in [0.15, 0.2) is 12.3 Å². The number of nitrogens with two attached hydrogens (primary N) is 1. The number of hydrogen-bond donors (Lipinski definition) is 1. The van der Waals surface area contributed by atoms with Gasteiger partial charge < -0.3 is 10.6 Å². The highest BCUT2D eigenvalue weighted by molar-refractivity contribution is 5.41. The first kappa shape index (κ1) is 18.0. The molecule has 0 spiro atoms. The van der Waals surface area contributed by atoms with E-state index < -0.39 is 11.9 Å². The zero-order valence-electron chi connectivity index (χ0n) is 15.2. The van der Waals surface area contributed by atoms with Gasteiger partial charge in [0.1, 0.15) is 0 Å². The van der Waals surface area contributed by atoms with Crippen molar-refractivity contribution in [1.29, 1.82) is 0 Å². The van der Waals surface area contributed by atoms with Gasteiger partial charge in [-0.3, -0.25) is 0 Å². The molecule has 2 saturated carbocycles. The predicted molar refractivity (Wildman–Crippen MR) is 93.2 cm³/mol. The van der Waals surface area contributed by atoms with E-state index in [1.807, 2.05) is 0 Å². The molecule has 0 aliphatic heterocycles. The van der Waals surface area contributed by atoms with E-state index in [2.05, 4.69) is 38.8 Å². The van der Waals surface area contributed by atoms with Crippen molar-refractivity contribution in [2.24, 2.45) is 11.8 Å². The topological polar surface area (TPSA) is 85.8 Å². The lowest BCUT2D eigenvalue weighted by atomic mass is 10.1. The molecule has 0 bridgehead atoms. The molecule has 10 heteroatoms. The Balaban J connectivity index is 1.70. The minimum Gasteiger partial charge on any atom is -0.368 e. The van der Waals surface area contributed by atoms with Crippen LogP contribution in [-0.2, 0) is 6.18 Å². The van der Waals surface area contributed by atoms with Gasteiger partial charge in [0.25, 0.3) is 5.95 Å². The number of halogens is 3. The van der Waals surface area contributed by atoms with Crippen LogP contribution >= 0.6 is 0 Å². The summed E-state index contributed by atoms with van der Waals surface area (Å²) < 4.78 is 39.5. The third kappa shape index (κ3) is 3.70. The number of alkyl halides is 3. The quantitative estimate of drug-likeness (QED) is 0.828. The highest BCUT2D eigenvalue weighted by Gasteiger charge is 2.41. The Hall–Kier alpha value is -2.39. The number of anilines is 2. The standard InChI is InChI=1S/C17H22F3N7/c1-9(11-3-4-11)27(10(2)12-5-6-12)16-23-14(21)22-15(24-16)26-8-7-13(25-26)17(18,19)20/h7-12H,3-6H2,1-2H3,(H2,21,22,23,24)/t9-,10-/m1/s1. The summed E-state index contributed by atoms with van der Waals surface area (Å²) in [5.41, 5.74) is 4.86. The number of hydrogen-bond acceptors (Lipinski definition) is 6. The fourth-order valence-corrected chi connectivity index (χ4v) is 3.52. The molecule has 2 atom stereocenters. The minimum atomic E-state index is -4.53. The molecule has 7 nitrogen and oxygen atoms in total. The lowest BCUT2D eigenvalue weighted by molar-refractivity contribution is -0.141. The predicted octanol–water partition coefficient (Wildman–Crippen LogP) is 3.06. The van der Waals surface area contributed by atoms with Crippen molar-refractivity contribution in [3.63, 3.8) is 0 Å². The Morgan fingerprint density at radius 2 is 1.67 bits per heavy atom. The molecule has 0 amide bonds. The largest absolute Gasteiger partial charge is 0.435 e. The summed E-state index contributed by atoms with van der Waals surface area (Å²) in [6.07, 6.45) is 1.31. The van der Waals surface area contributed by atoms with Crippen molar-refractivity contribution < 1.29 is 13.2 Å². The number of nitrogens with zero attached hydrogens (tertiary/aromatic N) is 6. The van der Waals surface area contributed by atoms with Crippen LogP contribution in [0.5, 0.6) is 0 Å². The summed E-state index contributed by atoms with van der Waals surface area (Å²) in [7, 11) is 0. The molecule has 0 aromatic carbocycles. The first-order chi connectivity index (χ1) is 12.7. The van der Waals surface area contributed by atoms with Crippen molar-refractivity contribution in [2.45, 2.75) is 57.8 Å². The molecule has 2 aliphatic carbocycles. The molecule has 4 rings (SSSR count). The van der Waals surface area contributed by atoms with Crippen LogP contribution in [0.1, 0.15) is 45.2 Å². The zero-order valence-corrected chi connectivity index (χ0v) is 15.2. The molecule has 0 saturated heterocycles. The van der Waals surface area contributed by atoms with Gasteiger partial charge >= 0.3 is 6.18 Å². The van der Waals surface area contributed by atoms with Gasteiger partial charge in [-0.25, -0.2) is 4.68 Å². The lowest BCUT2D eigenvalue weighted by Gasteiger charge is -2.35. The van der Waals surface area contributed by atoms with Crippen LogP contribution in [0.25, 0.3) is 5.95 Å². The van der Waals surface area contributed by atoms with Crippen molar-refractivity contribution in [3.8, 4) is 5.95 Å². The average Bonchev–Trinajstić information content (AvgIpc) is 3.50. The summed E-state index contributed by atoms with van der Waals surface area (Å²) in [5.74, 6) is 1.52. The van der Waals surface area contributed by atoms with E-state index in [-0.39, 0.29) is 24.0 Å². The smallest absolute Gasteiger partial charge is 0.368 e. The highest BCUT2D eigenvalue weighted by Crippen LogP contribution is 2.42. The van der Waals surface area contributed by atoms with Gasteiger partial charge in [-0.05, 0) is 57.4 Å². The van der Waals surface area contributed by atoms with Crippen LogP contribution in [0.2, 0.25) is 0 Å². The molecule has 2 heterocycles. The Kier molecular flexibility index (Phi) is 4.23. The fraction of sp³-hybridized carbons (Fsp3) is 0.647. The maximum atomic E-state index is 12.8. The van der Waals surface area contributed by atoms with Crippen LogP contribution in [-0.4, -0.2) is 36.8 Å². The minimum absolute atomic E-state index is 0.0102. The molecule has 2 N–H and O–H groups in total. The van der Waals surface area contributed by atoms with Crippen LogP contribution in [0.3, 0.4) is 0 Å². The molecule has 0 radical (unpaired) electrons. The Bertz CT molecular complexity index is 808. The number of nitrogen functional groups attached to an aromatic ring is 1. The molecular formula is C17H22F3N7. The van der Waals surface area contributed by atoms with Gasteiger partial charge in [0, 0.05) is 18.3 Å². The van der Waals surface area contributed by atoms with Crippen molar-refractivity contribution in [2.75, 3.05) is 10.6 Å². The molecule has 2 fully saturated rings. The zero-order chi connectivity index (χ0) is 19.3. The van der Waals surface area contributed by atoms with Crippen LogP contribution in [0, 0.1) is 11.8 Å². The van der Waals surface area contributed by atoms with Gasteiger partial charge in [-0.2, -0.15) is 33.2 Å². The average molecular weight is 381 g/mol. The first-order valence-electron chi connectivity index (χ1n) is 9.17. The van der Waals surface area contributed by atoms with E-state index in [4.69, 9.17) is 5.73 Å². The summed E-state index contributed by atoms with van der Waals surface area (Å²) in [6.45, 7) is 4.29. The van der Waals surface area contributed by atoms with Gasteiger partial charge in [0.05, 0.1) is 0 Å². The van der Waals surface area contributed by atoms with E-state index in [1.54, 1.807) is 0 Å². The maximum absolute atomic E-state index is 12.8. The SMILES string of the molecule is C[C@H](C1CC1)N(c1nc(N)nc(-n2ccc(C(F)(F)F)n2)n1)[C@H](C)C1CC1. The Morgan fingerprint density at radius 1 is 1.07 bits per heavy atom. The summed E-state index contributed by atoms with van der Waals surface area (Å²) in [4.78, 5) is 14.9. The molecule has 2 aromatic heterocycles. The van der Waals surface area contributed by atoms with Gasteiger partial charge in [0.2, 0.25) is 11.9 Å². The molecule has 2 aromatic rings. The molecule has 27 heavy (non-hydrogen) atoms. The Morgan fingerprint density at radius 3 is 2.15 bits per heavy atom. The number of aromatic nitrogens is 5. The Labute approximate surface area is 154 Å². The van der Waals surface area contributed by atoms with Crippen molar-refractivity contribution in [3.05, 3.63) is 18.0 Å². The second-order valence-electron chi connectivity index (χ2n) is 7.50. The van der Waals surface area contributed by atoms with E-state index in [0.29, 0.717) is 17.8 Å². The molecule has 0 unspecified atom stereocenters. The summed E-state index contributed by atoms with van der Waals surface area (Å²) in [6, 6.07) is 1.36. The van der Waals surface area contributed by atoms with Gasteiger partial charge in [0.15, 0.2) is 5.69 Å². The number of rotatable bonds is 6. The van der Waals surface area contributed by atoms with E-state index in [9.17, 15) is 13.2 Å². The first-order valence-corrected chi connectivity index (χ1v) is 9.17. The lowest BCUT2D eigenvalue weighted by Crippen LogP contribution is -2.44. The third-order valence-corrected chi connectivity index (χ3v) is 5.43. The normalized spacial score (nSPS) is 19.7. The van der Waals surface area contributed by atoms with Gasteiger partial charge in [-0.15, -0.1) is 0 Å². The van der Waals surface area contributed by atoms with E-state index in [0.717, 1.165) is 36.4 Å². The maximum Gasteiger partial charge on any atom is 0.435 e. The molecular weight excluding hydrogens is 359 g/mol. The fourth-order valence-electron chi connectivity index (χ4n) is 3.52. The summed E-state index contributed by atoms with van der Waals surface area (Å²) >= 11 is 0. The van der Waals surface area contributed by atoms with E-state index in [1.165, 1.54) is 6.20 Å². The second kappa shape index (κ2) is 6.35.